The lowest BCUT2D eigenvalue weighted by molar-refractivity contribution is -0.121. The monoisotopic (exact) mass is 183 g/mol. The number of hydrogen-bond acceptors (Lipinski definition) is 3. The van der Waals surface area contributed by atoms with Gasteiger partial charge in [-0.05, 0) is 13.8 Å². The molecule has 0 aromatic rings. The largest absolute Gasteiger partial charge is 0.369 e. The molecule has 0 aromatic carbocycles. The first-order valence-electron chi connectivity index (χ1n) is 4.39. The van der Waals surface area contributed by atoms with Crippen LogP contribution in [-0.4, -0.2) is 29.9 Å². The maximum absolute atomic E-state index is 10.8. The molecule has 2 N–H and O–H groups in total. The van der Waals surface area contributed by atoms with Gasteiger partial charge in [0.25, 0.3) is 0 Å². The molecule has 0 aliphatic carbocycles. The van der Waals surface area contributed by atoms with E-state index in [-0.39, 0.29) is 17.9 Å². The Hall–Kier alpha value is -1.08. The summed E-state index contributed by atoms with van der Waals surface area (Å²) < 4.78 is 0. The van der Waals surface area contributed by atoms with Crippen LogP contribution in [0, 0.1) is 17.2 Å². The van der Waals surface area contributed by atoms with Gasteiger partial charge in [0, 0.05) is 18.5 Å². The number of carbonyl (C=O) groups is 1. The lowest BCUT2D eigenvalue weighted by atomic mass is 10.1. The minimum Gasteiger partial charge on any atom is -0.369 e. The molecule has 1 amide bonds. The second-order valence-corrected chi connectivity index (χ2v) is 3.48. The molecule has 4 heteroatoms. The van der Waals surface area contributed by atoms with Gasteiger partial charge in [0.15, 0.2) is 0 Å². The summed E-state index contributed by atoms with van der Waals surface area (Å²) in [5.74, 6) is -0.515. The summed E-state index contributed by atoms with van der Waals surface area (Å²) in [6, 6.07) is 2.33. The molecule has 74 valence electrons. The number of amides is 1. The third-order valence-corrected chi connectivity index (χ3v) is 2.00. The maximum Gasteiger partial charge on any atom is 0.221 e. The molecule has 4 nitrogen and oxygen atoms in total. The van der Waals surface area contributed by atoms with Gasteiger partial charge in [0.1, 0.15) is 0 Å². The third-order valence-electron chi connectivity index (χ3n) is 2.00. The highest BCUT2D eigenvalue weighted by Gasteiger charge is 2.16. The first-order chi connectivity index (χ1) is 5.99. The molecular formula is C9H17N3O. The van der Waals surface area contributed by atoms with E-state index in [1.54, 1.807) is 6.92 Å². The quantitative estimate of drug-likeness (QED) is 0.625. The number of nitrogens with zero attached hydrogens (tertiary/aromatic N) is 2. The molecule has 0 aromatic heterocycles. The molecule has 1 atom stereocenters. The lowest BCUT2D eigenvalue weighted by Crippen LogP contribution is -2.39. The molecule has 0 saturated carbocycles. The maximum atomic E-state index is 10.8. The first kappa shape index (κ1) is 11.9. The van der Waals surface area contributed by atoms with Gasteiger partial charge >= 0.3 is 0 Å². The van der Waals surface area contributed by atoms with Crippen molar-refractivity contribution < 1.29 is 4.79 Å². The summed E-state index contributed by atoms with van der Waals surface area (Å²) in [6.07, 6.45) is 0. The molecular weight excluding hydrogens is 166 g/mol. The predicted octanol–water partition coefficient (Wildman–Crippen LogP) is 0.342. The zero-order chi connectivity index (χ0) is 10.4. The fourth-order valence-electron chi connectivity index (χ4n) is 0.991. The van der Waals surface area contributed by atoms with E-state index in [2.05, 4.69) is 6.07 Å². The first-order valence-corrected chi connectivity index (χ1v) is 4.39. The van der Waals surface area contributed by atoms with Crippen LogP contribution in [-0.2, 0) is 4.79 Å². The Balaban J connectivity index is 4.11. The highest BCUT2D eigenvalue weighted by molar-refractivity contribution is 5.76. The van der Waals surface area contributed by atoms with E-state index in [0.29, 0.717) is 13.1 Å². The summed E-state index contributed by atoms with van der Waals surface area (Å²) in [5.41, 5.74) is 5.13. The molecule has 0 bridgehead atoms. The number of rotatable bonds is 5. The molecule has 0 saturated heterocycles. The number of nitriles is 1. The van der Waals surface area contributed by atoms with Crippen LogP contribution in [0.1, 0.15) is 20.8 Å². The summed E-state index contributed by atoms with van der Waals surface area (Å²) in [6.45, 7) is 6.65. The van der Waals surface area contributed by atoms with Crippen molar-refractivity contribution in [2.75, 3.05) is 13.1 Å². The summed E-state index contributed by atoms with van der Waals surface area (Å²) in [5, 5.41) is 8.53. The molecule has 0 aliphatic heterocycles. The smallest absolute Gasteiger partial charge is 0.221 e. The molecule has 0 spiro atoms. The summed E-state index contributed by atoms with van der Waals surface area (Å²) in [4.78, 5) is 12.7. The standard InChI is InChI=1S/C9H17N3O/c1-7(2)12(5-4-10)6-8(3)9(11)13/h7-8H,5-6H2,1-3H3,(H2,11,13). The van der Waals surface area contributed by atoms with E-state index in [9.17, 15) is 4.79 Å². The zero-order valence-corrected chi connectivity index (χ0v) is 8.45. The normalized spacial score (nSPS) is 12.9. The Morgan fingerprint density at radius 3 is 2.38 bits per heavy atom. The highest BCUT2D eigenvalue weighted by Crippen LogP contribution is 2.03. The van der Waals surface area contributed by atoms with Gasteiger partial charge in [0.05, 0.1) is 12.6 Å². The molecule has 0 heterocycles. The van der Waals surface area contributed by atoms with Gasteiger partial charge in [-0.2, -0.15) is 5.26 Å². The van der Waals surface area contributed by atoms with Gasteiger partial charge in [-0.25, -0.2) is 0 Å². The van der Waals surface area contributed by atoms with Gasteiger partial charge in [-0.3, -0.25) is 9.69 Å². The number of nitrogens with two attached hydrogens (primary N) is 1. The average Bonchev–Trinajstić information content (AvgIpc) is 2.03. The van der Waals surface area contributed by atoms with Crippen LogP contribution in [0.4, 0.5) is 0 Å². The number of hydrogen-bond donors (Lipinski definition) is 1. The Labute approximate surface area is 79.3 Å². The molecule has 1 unspecified atom stereocenters. The SMILES string of the molecule is CC(CN(CC#N)C(C)C)C(N)=O. The van der Waals surface area contributed by atoms with Crippen molar-refractivity contribution in [1.29, 1.82) is 5.26 Å². The van der Waals surface area contributed by atoms with Gasteiger partial charge < -0.3 is 5.73 Å². The Morgan fingerprint density at radius 2 is 2.08 bits per heavy atom. The third kappa shape index (κ3) is 4.48. The minimum atomic E-state index is -0.316. The molecule has 0 rings (SSSR count). The molecule has 0 aliphatic rings. The van der Waals surface area contributed by atoms with Crippen molar-refractivity contribution in [2.24, 2.45) is 11.7 Å². The van der Waals surface area contributed by atoms with Crippen LogP contribution in [0.25, 0.3) is 0 Å². The topological polar surface area (TPSA) is 70.1 Å². The van der Waals surface area contributed by atoms with Crippen LogP contribution >= 0.6 is 0 Å². The molecule has 0 fully saturated rings. The van der Waals surface area contributed by atoms with Gasteiger partial charge in [-0.15, -0.1) is 0 Å². The summed E-state index contributed by atoms with van der Waals surface area (Å²) >= 11 is 0. The van der Waals surface area contributed by atoms with E-state index in [1.165, 1.54) is 0 Å². The fraction of sp³-hybridized carbons (Fsp3) is 0.778. The minimum absolute atomic E-state index is 0.198. The van der Waals surface area contributed by atoms with Crippen molar-refractivity contribution >= 4 is 5.91 Å². The van der Waals surface area contributed by atoms with E-state index in [0.717, 1.165) is 0 Å². The van der Waals surface area contributed by atoms with Crippen molar-refractivity contribution in [1.82, 2.24) is 4.90 Å². The van der Waals surface area contributed by atoms with Crippen molar-refractivity contribution in [3.8, 4) is 6.07 Å². The molecule has 0 radical (unpaired) electrons. The fourth-order valence-corrected chi connectivity index (χ4v) is 0.991. The van der Waals surface area contributed by atoms with Gasteiger partial charge in [-0.1, -0.05) is 6.92 Å². The van der Waals surface area contributed by atoms with E-state index >= 15 is 0 Å². The van der Waals surface area contributed by atoms with Crippen LogP contribution < -0.4 is 5.73 Å². The van der Waals surface area contributed by atoms with Crippen LogP contribution in [0.5, 0.6) is 0 Å². The zero-order valence-electron chi connectivity index (χ0n) is 8.45. The molecule has 13 heavy (non-hydrogen) atoms. The van der Waals surface area contributed by atoms with Crippen LogP contribution in [0.15, 0.2) is 0 Å². The average molecular weight is 183 g/mol. The second kappa shape index (κ2) is 5.55. The Morgan fingerprint density at radius 1 is 1.54 bits per heavy atom. The Bertz CT molecular complexity index is 207. The number of carbonyl (C=O) groups excluding carboxylic acids is 1. The Kier molecular flexibility index (Phi) is 5.09. The summed E-state index contributed by atoms with van der Waals surface area (Å²) in [7, 11) is 0. The predicted molar refractivity (Wildman–Crippen MR) is 50.7 cm³/mol. The van der Waals surface area contributed by atoms with E-state index in [4.69, 9.17) is 11.0 Å². The van der Waals surface area contributed by atoms with Crippen LogP contribution in [0.2, 0.25) is 0 Å². The highest BCUT2D eigenvalue weighted by atomic mass is 16.1. The lowest BCUT2D eigenvalue weighted by Gasteiger charge is -2.25. The van der Waals surface area contributed by atoms with Crippen molar-refractivity contribution in [2.45, 2.75) is 26.8 Å². The van der Waals surface area contributed by atoms with Crippen molar-refractivity contribution in [3.05, 3.63) is 0 Å². The second-order valence-electron chi connectivity index (χ2n) is 3.48. The number of primary amides is 1. The van der Waals surface area contributed by atoms with E-state index in [1.807, 2.05) is 18.7 Å². The van der Waals surface area contributed by atoms with Gasteiger partial charge in [0.2, 0.25) is 5.91 Å². The van der Waals surface area contributed by atoms with Crippen LogP contribution in [0.3, 0.4) is 0 Å². The van der Waals surface area contributed by atoms with E-state index < -0.39 is 0 Å². The van der Waals surface area contributed by atoms with Crippen molar-refractivity contribution in [3.63, 3.8) is 0 Å².